The molecule has 0 radical (unpaired) electrons. The lowest BCUT2D eigenvalue weighted by molar-refractivity contribution is -0.135. The van der Waals surface area contributed by atoms with Gasteiger partial charge in [-0.15, -0.1) is 0 Å². The predicted octanol–water partition coefficient (Wildman–Crippen LogP) is 3.19. The smallest absolute Gasteiger partial charge is 0.389 e. The van der Waals surface area contributed by atoms with Gasteiger partial charge in [0.1, 0.15) is 0 Å². The van der Waals surface area contributed by atoms with Gasteiger partial charge in [-0.2, -0.15) is 13.2 Å². The van der Waals surface area contributed by atoms with Crippen molar-refractivity contribution in [2.45, 2.75) is 25.4 Å². The molecule has 78 valence electrons. The van der Waals surface area contributed by atoms with Gasteiger partial charge in [-0.3, -0.25) is 4.79 Å². The quantitative estimate of drug-likeness (QED) is 0.708. The van der Waals surface area contributed by atoms with Crippen molar-refractivity contribution in [3.63, 3.8) is 0 Å². The van der Waals surface area contributed by atoms with Gasteiger partial charge in [-0.1, -0.05) is 0 Å². The van der Waals surface area contributed by atoms with Crippen LogP contribution >= 0.6 is 0 Å². The van der Waals surface area contributed by atoms with E-state index in [2.05, 4.69) is 0 Å². The van der Waals surface area contributed by atoms with Gasteiger partial charge in [0.15, 0.2) is 11.5 Å². The lowest BCUT2D eigenvalue weighted by Gasteiger charge is -2.03. The summed E-state index contributed by atoms with van der Waals surface area (Å²) in [5.74, 6) is -0.272. The second-order valence-electron chi connectivity index (χ2n) is 2.87. The highest BCUT2D eigenvalue weighted by Gasteiger charge is 2.26. The zero-order valence-electron chi connectivity index (χ0n) is 7.30. The third-order valence-corrected chi connectivity index (χ3v) is 1.66. The second-order valence-corrected chi connectivity index (χ2v) is 2.87. The number of carbonyl (C=O) groups excluding carboxylic acids is 1. The van der Waals surface area contributed by atoms with E-state index in [9.17, 15) is 18.0 Å². The summed E-state index contributed by atoms with van der Waals surface area (Å²) in [4.78, 5) is 11.1. The highest BCUT2D eigenvalue weighted by Crippen LogP contribution is 2.22. The molecule has 0 saturated carbocycles. The number of halogens is 3. The van der Waals surface area contributed by atoms with Gasteiger partial charge in [0.2, 0.25) is 0 Å². The standard InChI is InChI=1S/C9H9F3O2/c10-9(11,12)5-1-3-7(13)8-4-2-6-14-8/h2,4,6H,1,3,5H2. The summed E-state index contributed by atoms with van der Waals surface area (Å²) in [6, 6.07) is 2.97. The maximum atomic E-state index is 11.7. The zero-order valence-corrected chi connectivity index (χ0v) is 7.30. The molecule has 0 amide bonds. The van der Waals surface area contributed by atoms with E-state index in [-0.39, 0.29) is 24.4 Å². The van der Waals surface area contributed by atoms with Crippen molar-refractivity contribution in [2.75, 3.05) is 0 Å². The maximum Gasteiger partial charge on any atom is 0.389 e. The number of furan rings is 1. The molecule has 0 spiro atoms. The number of ketones is 1. The minimum atomic E-state index is -4.19. The molecule has 1 heterocycles. The Balaban J connectivity index is 2.30. The number of rotatable bonds is 4. The van der Waals surface area contributed by atoms with E-state index in [1.807, 2.05) is 0 Å². The van der Waals surface area contributed by atoms with Crippen LogP contribution in [0.4, 0.5) is 13.2 Å². The van der Waals surface area contributed by atoms with Gasteiger partial charge in [-0.25, -0.2) is 0 Å². The minimum Gasteiger partial charge on any atom is -0.461 e. The molecular formula is C9H9F3O2. The fraction of sp³-hybridized carbons (Fsp3) is 0.444. The highest BCUT2D eigenvalue weighted by atomic mass is 19.4. The van der Waals surface area contributed by atoms with Crippen LogP contribution in [0.15, 0.2) is 22.8 Å². The molecule has 1 aromatic heterocycles. The summed E-state index contributed by atoms with van der Waals surface area (Å²) in [6.45, 7) is 0. The van der Waals surface area contributed by atoms with E-state index in [1.54, 1.807) is 0 Å². The van der Waals surface area contributed by atoms with Crippen molar-refractivity contribution in [3.05, 3.63) is 24.2 Å². The molecule has 0 unspecified atom stereocenters. The Morgan fingerprint density at radius 2 is 2.14 bits per heavy atom. The summed E-state index contributed by atoms with van der Waals surface area (Å²) in [5, 5.41) is 0. The van der Waals surface area contributed by atoms with Crippen LogP contribution in [0.25, 0.3) is 0 Å². The molecule has 14 heavy (non-hydrogen) atoms. The molecular weight excluding hydrogens is 197 g/mol. The summed E-state index contributed by atoms with van der Waals surface area (Å²) >= 11 is 0. The van der Waals surface area contributed by atoms with E-state index < -0.39 is 12.6 Å². The molecule has 0 aliphatic heterocycles. The largest absolute Gasteiger partial charge is 0.461 e. The Morgan fingerprint density at radius 1 is 1.43 bits per heavy atom. The molecule has 0 fully saturated rings. The molecule has 0 N–H and O–H groups in total. The van der Waals surface area contributed by atoms with Crippen molar-refractivity contribution in [3.8, 4) is 0 Å². The average Bonchev–Trinajstić information content (AvgIpc) is 2.53. The topological polar surface area (TPSA) is 30.2 Å². The Bertz CT molecular complexity index is 288. The van der Waals surface area contributed by atoms with E-state index in [0.29, 0.717) is 0 Å². The lowest BCUT2D eigenvalue weighted by Crippen LogP contribution is -2.08. The summed E-state index contributed by atoms with van der Waals surface area (Å²) in [6.07, 6.45) is -4.13. The molecule has 1 rings (SSSR count). The second kappa shape index (κ2) is 4.30. The average molecular weight is 206 g/mol. The molecule has 1 aromatic rings. The van der Waals surface area contributed by atoms with Crippen LogP contribution in [-0.2, 0) is 0 Å². The van der Waals surface area contributed by atoms with Gasteiger partial charge in [0, 0.05) is 12.8 Å². The van der Waals surface area contributed by atoms with Gasteiger partial charge >= 0.3 is 6.18 Å². The van der Waals surface area contributed by atoms with Crippen molar-refractivity contribution in [1.29, 1.82) is 0 Å². The SMILES string of the molecule is O=C(CCCC(F)(F)F)c1ccco1. The summed E-state index contributed by atoms with van der Waals surface area (Å²) < 4.78 is 39.9. The predicted molar refractivity (Wildman–Crippen MR) is 42.9 cm³/mol. The molecule has 0 saturated heterocycles. The van der Waals surface area contributed by atoms with Crippen LogP contribution in [-0.4, -0.2) is 12.0 Å². The first kappa shape index (κ1) is 10.8. The molecule has 0 atom stereocenters. The molecule has 0 aliphatic carbocycles. The molecule has 0 aromatic carbocycles. The van der Waals surface area contributed by atoms with Crippen LogP contribution in [0, 0.1) is 0 Å². The number of hydrogen-bond donors (Lipinski definition) is 0. The number of hydrogen-bond acceptors (Lipinski definition) is 2. The van der Waals surface area contributed by atoms with E-state index in [1.165, 1.54) is 18.4 Å². The Labute approximate surface area is 78.7 Å². The first-order chi connectivity index (χ1) is 6.49. The van der Waals surface area contributed by atoms with Crippen molar-refractivity contribution in [1.82, 2.24) is 0 Å². The third-order valence-electron chi connectivity index (χ3n) is 1.66. The van der Waals surface area contributed by atoms with Crippen molar-refractivity contribution in [2.24, 2.45) is 0 Å². The Kier molecular flexibility index (Phi) is 3.33. The molecule has 0 bridgehead atoms. The summed E-state index contributed by atoms with van der Waals surface area (Å²) in [7, 11) is 0. The van der Waals surface area contributed by atoms with Gasteiger partial charge < -0.3 is 4.42 Å². The van der Waals surface area contributed by atoms with Crippen LogP contribution in [0.1, 0.15) is 29.8 Å². The first-order valence-electron chi connectivity index (χ1n) is 4.12. The van der Waals surface area contributed by atoms with Crippen LogP contribution in [0.5, 0.6) is 0 Å². The molecule has 5 heteroatoms. The van der Waals surface area contributed by atoms with E-state index in [0.717, 1.165) is 0 Å². The maximum absolute atomic E-state index is 11.7. The minimum absolute atomic E-state index is 0.118. The van der Waals surface area contributed by atoms with Crippen LogP contribution in [0.2, 0.25) is 0 Å². The molecule has 0 aliphatic rings. The Morgan fingerprint density at radius 3 is 2.64 bits per heavy atom. The van der Waals surface area contributed by atoms with Crippen molar-refractivity contribution < 1.29 is 22.4 Å². The van der Waals surface area contributed by atoms with Gasteiger partial charge in [0.05, 0.1) is 6.26 Å². The van der Waals surface area contributed by atoms with Crippen LogP contribution in [0.3, 0.4) is 0 Å². The fourth-order valence-electron chi connectivity index (χ4n) is 1.01. The van der Waals surface area contributed by atoms with E-state index >= 15 is 0 Å². The monoisotopic (exact) mass is 206 g/mol. The fourth-order valence-corrected chi connectivity index (χ4v) is 1.01. The van der Waals surface area contributed by atoms with Gasteiger partial charge in [0.25, 0.3) is 0 Å². The number of alkyl halides is 3. The van der Waals surface area contributed by atoms with Crippen molar-refractivity contribution >= 4 is 5.78 Å². The van der Waals surface area contributed by atoms with E-state index in [4.69, 9.17) is 4.42 Å². The highest BCUT2D eigenvalue weighted by molar-refractivity contribution is 5.93. The zero-order chi connectivity index (χ0) is 10.6. The number of Topliss-reactive ketones (excluding diaryl/α,β-unsaturated/α-hetero) is 1. The molecule has 2 nitrogen and oxygen atoms in total. The normalized spacial score (nSPS) is 11.6. The Hall–Kier alpha value is -1.26. The van der Waals surface area contributed by atoms with Crippen LogP contribution < -0.4 is 0 Å². The van der Waals surface area contributed by atoms with Gasteiger partial charge in [-0.05, 0) is 18.6 Å². The number of carbonyl (C=O) groups is 1. The lowest BCUT2D eigenvalue weighted by atomic mass is 10.1. The third kappa shape index (κ3) is 3.64. The first-order valence-corrected chi connectivity index (χ1v) is 4.12. The summed E-state index contributed by atoms with van der Waals surface area (Å²) in [5.41, 5.74) is 0.